The number of H-pyrrole nitrogens is 1. The summed E-state index contributed by atoms with van der Waals surface area (Å²) in [6, 6.07) is 12.1. The summed E-state index contributed by atoms with van der Waals surface area (Å²) >= 11 is 3.00. The van der Waals surface area contributed by atoms with Crippen molar-refractivity contribution in [2.75, 3.05) is 31.0 Å². The maximum atomic E-state index is 13.1. The number of anilines is 1. The highest BCUT2D eigenvalue weighted by Crippen LogP contribution is 2.35. The summed E-state index contributed by atoms with van der Waals surface area (Å²) in [5.74, 6) is 0. The molecular weight excluding hydrogens is 499 g/mol. The Labute approximate surface area is 215 Å². The van der Waals surface area contributed by atoms with Crippen molar-refractivity contribution >= 4 is 54.8 Å². The number of nitrogens with one attached hydrogen (secondary N) is 2. The number of hydrogen-bond donors (Lipinski definition) is 2. The fourth-order valence-corrected chi connectivity index (χ4v) is 8.34. The van der Waals surface area contributed by atoms with E-state index in [0.29, 0.717) is 27.2 Å². The number of piperazine rings is 1. The van der Waals surface area contributed by atoms with E-state index in [1.54, 1.807) is 36.3 Å². The zero-order valence-electron chi connectivity index (χ0n) is 20.2. The van der Waals surface area contributed by atoms with Crippen LogP contribution in [0.15, 0.2) is 63.3 Å². The van der Waals surface area contributed by atoms with Gasteiger partial charge in [0, 0.05) is 55.0 Å². The second kappa shape index (κ2) is 9.65. The van der Waals surface area contributed by atoms with E-state index in [-0.39, 0.29) is 0 Å². The van der Waals surface area contributed by atoms with E-state index in [1.165, 1.54) is 21.3 Å². The number of rotatable bonds is 7. The molecule has 0 saturated carbocycles. The summed E-state index contributed by atoms with van der Waals surface area (Å²) in [7, 11) is -2.01. The SMILES string of the molecule is C=C(CC1CN=C(c2cc3cccc(N(C)S(=O)(=O)c4cccs4)c3[nH]2)S1)N1CC(C)N[C@@H](C)C1. The van der Waals surface area contributed by atoms with Gasteiger partial charge in [0.25, 0.3) is 10.0 Å². The summed E-state index contributed by atoms with van der Waals surface area (Å²) in [6.07, 6.45) is 0.907. The summed E-state index contributed by atoms with van der Waals surface area (Å²) in [4.78, 5) is 10.7. The zero-order valence-corrected chi connectivity index (χ0v) is 22.6. The van der Waals surface area contributed by atoms with E-state index < -0.39 is 10.0 Å². The Bertz CT molecular complexity index is 1350. The van der Waals surface area contributed by atoms with Crippen LogP contribution in [0, 0.1) is 0 Å². The summed E-state index contributed by atoms with van der Waals surface area (Å²) in [5.41, 5.74) is 3.53. The third kappa shape index (κ3) is 4.89. The standard InChI is InChI=1S/C25H31N5O2S3/c1-16-14-30(15-17(2)27-16)18(3)11-20-13-26-25(34-20)21-12-19-7-5-8-22(24(19)28-21)29(4)35(31,32)23-9-6-10-33-23/h5-10,12,16-17,20,27-28H,3,11,13-15H2,1-2,4H3/t16-,17?,20?/m0/s1. The van der Waals surface area contributed by atoms with Crippen molar-refractivity contribution in [2.24, 2.45) is 4.99 Å². The van der Waals surface area contributed by atoms with E-state index in [0.717, 1.165) is 47.7 Å². The predicted molar refractivity (Wildman–Crippen MR) is 148 cm³/mol. The molecule has 0 radical (unpaired) electrons. The van der Waals surface area contributed by atoms with Gasteiger partial charge in [-0.3, -0.25) is 9.30 Å². The minimum absolute atomic E-state index is 0.329. The largest absolute Gasteiger partial charge is 0.372 e. The van der Waals surface area contributed by atoms with Crippen molar-refractivity contribution in [1.82, 2.24) is 15.2 Å². The first-order valence-electron chi connectivity index (χ1n) is 11.8. The van der Waals surface area contributed by atoms with Crippen molar-refractivity contribution < 1.29 is 8.42 Å². The average Bonchev–Trinajstić information content (AvgIpc) is 3.58. The molecule has 5 rings (SSSR count). The molecule has 7 nitrogen and oxygen atoms in total. The van der Waals surface area contributed by atoms with Gasteiger partial charge in [-0.25, -0.2) is 8.42 Å². The topological polar surface area (TPSA) is 80.8 Å². The fraction of sp³-hybridized carbons (Fsp3) is 0.400. The smallest absolute Gasteiger partial charge is 0.273 e. The van der Waals surface area contributed by atoms with Crippen LogP contribution in [0.2, 0.25) is 0 Å². The third-order valence-corrected chi connectivity index (χ3v) is 10.9. The minimum atomic E-state index is -3.61. The zero-order chi connectivity index (χ0) is 24.7. The highest BCUT2D eigenvalue weighted by Gasteiger charge is 2.28. The van der Waals surface area contributed by atoms with E-state index in [1.807, 2.05) is 18.2 Å². The highest BCUT2D eigenvalue weighted by atomic mass is 32.2. The van der Waals surface area contributed by atoms with Gasteiger partial charge in [-0.15, -0.1) is 11.3 Å². The van der Waals surface area contributed by atoms with Gasteiger partial charge in [0.15, 0.2) is 0 Å². The van der Waals surface area contributed by atoms with Crippen LogP contribution in [0.25, 0.3) is 10.9 Å². The highest BCUT2D eigenvalue weighted by molar-refractivity contribution is 8.15. The number of nitrogens with zero attached hydrogens (tertiary/aromatic N) is 3. The van der Waals surface area contributed by atoms with Crippen LogP contribution in [0.4, 0.5) is 5.69 Å². The summed E-state index contributed by atoms with van der Waals surface area (Å²) < 4.78 is 27.9. The normalized spacial score (nSPS) is 23.0. The number of thiophene rings is 1. The molecule has 0 amide bonds. The molecule has 4 heterocycles. The van der Waals surface area contributed by atoms with Crippen LogP contribution < -0.4 is 9.62 Å². The molecule has 10 heteroatoms. The molecule has 0 aliphatic carbocycles. The van der Waals surface area contributed by atoms with Crippen LogP contribution in [0.1, 0.15) is 26.0 Å². The van der Waals surface area contributed by atoms with Crippen molar-refractivity contribution in [2.45, 2.75) is 41.8 Å². The summed E-state index contributed by atoms with van der Waals surface area (Å²) in [5, 5.41) is 7.63. The molecule has 0 bridgehead atoms. The van der Waals surface area contributed by atoms with Crippen LogP contribution in [0.3, 0.4) is 0 Å². The molecule has 2 aliphatic rings. The molecular formula is C25H31N5O2S3. The second-order valence-corrected chi connectivity index (χ2v) is 13.8. The van der Waals surface area contributed by atoms with Gasteiger partial charge in [-0.05, 0) is 37.4 Å². The average molecular weight is 530 g/mol. The molecule has 3 aromatic rings. The fourth-order valence-electron chi connectivity index (χ4n) is 4.84. The van der Waals surface area contributed by atoms with E-state index in [9.17, 15) is 8.42 Å². The van der Waals surface area contributed by atoms with Crippen LogP contribution >= 0.6 is 23.1 Å². The lowest BCUT2D eigenvalue weighted by Crippen LogP contribution is -2.53. The number of aromatic amines is 1. The molecule has 1 saturated heterocycles. The van der Waals surface area contributed by atoms with Gasteiger partial charge in [-0.1, -0.05) is 36.5 Å². The summed E-state index contributed by atoms with van der Waals surface area (Å²) in [6.45, 7) is 11.5. The quantitative estimate of drug-likeness (QED) is 0.471. The van der Waals surface area contributed by atoms with Gasteiger partial charge in [0.05, 0.1) is 23.4 Å². The number of benzene rings is 1. The Hall–Kier alpha value is -2.27. The third-order valence-electron chi connectivity index (χ3n) is 6.50. The number of aromatic nitrogens is 1. The van der Waals surface area contributed by atoms with Crippen LogP contribution in [-0.2, 0) is 10.0 Å². The number of thioether (sulfide) groups is 1. The Morgan fingerprint density at radius 3 is 2.71 bits per heavy atom. The predicted octanol–water partition coefficient (Wildman–Crippen LogP) is 4.50. The van der Waals surface area contributed by atoms with Gasteiger partial charge in [0.2, 0.25) is 0 Å². The van der Waals surface area contributed by atoms with Crippen molar-refractivity contribution in [3.8, 4) is 0 Å². The first kappa shape index (κ1) is 24.4. The number of fused-ring (bicyclic) bond motifs is 1. The van der Waals surface area contributed by atoms with Crippen molar-refractivity contribution in [3.05, 3.63) is 59.7 Å². The molecule has 2 aromatic heterocycles. The second-order valence-electron chi connectivity index (χ2n) is 9.36. The molecule has 186 valence electrons. The molecule has 1 fully saturated rings. The molecule has 2 unspecified atom stereocenters. The first-order valence-corrected chi connectivity index (χ1v) is 15.0. The Balaban J connectivity index is 1.31. The maximum Gasteiger partial charge on any atom is 0.273 e. The first-order chi connectivity index (χ1) is 16.7. The lowest BCUT2D eigenvalue weighted by atomic mass is 10.1. The number of hydrogen-bond acceptors (Lipinski definition) is 7. The minimum Gasteiger partial charge on any atom is -0.372 e. The molecule has 0 spiro atoms. The molecule has 1 aromatic carbocycles. The maximum absolute atomic E-state index is 13.1. The molecule has 2 aliphatic heterocycles. The Kier molecular flexibility index (Phi) is 6.73. The lowest BCUT2D eigenvalue weighted by Gasteiger charge is -2.39. The van der Waals surface area contributed by atoms with Crippen LogP contribution in [0.5, 0.6) is 0 Å². The number of aliphatic imine (C=N–C) groups is 1. The Morgan fingerprint density at radius 2 is 2.00 bits per heavy atom. The molecule has 2 N–H and O–H groups in total. The number of sulfonamides is 1. The van der Waals surface area contributed by atoms with E-state index >= 15 is 0 Å². The van der Waals surface area contributed by atoms with Gasteiger partial charge in [0.1, 0.15) is 9.25 Å². The van der Waals surface area contributed by atoms with Crippen molar-refractivity contribution in [1.29, 1.82) is 0 Å². The number of allylic oxidation sites excluding steroid dienone is 1. The Morgan fingerprint density at radius 1 is 1.23 bits per heavy atom. The van der Waals surface area contributed by atoms with Gasteiger partial charge < -0.3 is 15.2 Å². The number of para-hydroxylation sites is 1. The van der Waals surface area contributed by atoms with Crippen LogP contribution in [-0.4, -0.2) is 67.4 Å². The lowest BCUT2D eigenvalue weighted by molar-refractivity contribution is 0.210. The van der Waals surface area contributed by atoms with Crippen molar-refractivity contribution in [3.63, 3.8) is 0 Å². The van der Waals surface area contributed by atoms with E-state index in [4.69, 9.17) is 4.99 Å². The van der Waals surface area contributed by atoms with E-state index in [2.05, 4.69) is 41.7 Å². The monoisotopic (exact) mass is 529 g/mol. The molecule has 35 heavy (non-hydrogen) atoms. The van der Waals surface area contributed by atoms with Gasteiger partial charge >= 0.3 is 0 Å². The van der Waals surface area contributed by atoms with Gasteiger partial charge in [-0.2, -0.15) is 0 Å². The molecule has 3 atom stereocenters.